The highest BCUT2D eigenvalue weighted by Crippen LogP contribution is 2.34. The van der Waals surface area contributed by atoms with Crippen molar-refractivity contribution in [2.75, 3.05) is 0 Å². The molecule has 62 valence electrons. The van der Waals surface area contributed by atoms with E-state index in [-0.39, 0.29) is 0 Å². The lowest BCUT2D eigenvalue weighted by Crippen LogP contribution is -1.96. The highest BCUT2D eigenvalue weighted by molar-refractivity contribution is 9.15. The van der Waals surface area contributed by atoms with E-state index in [1.54, 1.807) is 0 Å². The van der Waals surface area contributed by atoms with Crippen molar-refractivity contribution in [3.63, 3.8) is 0 Å². The van der Waals surface area contributed by atoms with Crippen LogP contribution in [0.15, 0.2) is 24.3 Å². The van der Waals surface area contributed by atoms with Gasteiger partial charge in [0.2, 0.25) is 0 Å². The van der Waals surface area contributed by atoms with Crippen molar-refractivity contribution in [1.29, 1.82) is 0 Å². The standard InChI is InChI=1S/C10H8BrCl/c11-9-5-1-4-8-7(9)3-2-6-10(8)12/h2-3,5-6H,1,4H2. The molecule has 0 fully saturated rings. The second kappa shape index (κ2) is 3.23. The fourth-order valence-electron chi connectivity index (χ4n) is 1.49. The summed E-state index contributed by atoms with van der Waals surface area (Å²) in [5, 5.41) is 0.887. The Morgan fingerprint density at radius 3 is 2.92 bits per heavy atom. The maximum Gasteiger partial charge on any atom is 0.0444 e. The number of hydrogen-bond donors (Lipinski definition) is 0. The van der Waals surface area contributed by atoms with Gasteiger partial charge in [0.15, 0.2) is 0 Å². The normalized spacial score (nSPS) is 15.3. The molecule has 0 heterocycles. The zero-order valence-electron chi connectivity index (χ0n) is 6.48. The molecule has 2 heteroatoms. The zero-order valence-corrected chi connectivity index (χ0v) is 8.82. The number of halogens is 2. The topological polar surface area (TPSA) is 0 Å². The average molecular weight is 244 g/mol. The smallest absolute Gasteiger partial charge is 0.0444 e. The van der Waals surface area contributed by atoms with Crippen LogP contribution in [0.2, 0.25) is 5.02 Å². The molecule has 0 aliphatic heterocycles. The molecule has 12 heavy (non-hydrogen) atoms. The summed E-state index contributed by atoms with van der Waals surface area (Å²) in [6, 6.07) is 6.04. The van der Waals surface area contributed by atoms with Crippen molar-refractivity contribution in [2.45, 2.75) is 12.8 Å². The van der Waals surface area contributed by atoms with Crippen molar-refractivity contribution in [2.24, 2.45) is 0 Å². The van der Waals surface area contributed by atoms with E-state index in [0.717, 1.165) is 17.9 Å². The van der Waals surface area contributed by atoms with E-state index < -0.39 is 0 Å². The monoisotopic (exact) mass is 242 g/mol. The summed E-state index contributed by atoms with van der Waals surface area (Å²) in [5.41, 5.74) is 2.52. The summed E-state index contributed by atoms with van der Waals surface area (Å²) in [4.78, 5) is 0. The molecule has 0 saturated heterocycles. The highest BCUT2D eigenvalue weighted by Gasteiger charge is 2.12. The van der Waals surface area contributed by atoms with Crippen LogP contribution in [0.5, 0.6) is 0 Å². The lowest BCUT2D eigenvalue weighted by atomic mass is 9.98. The van der Waals surface area contributed by atoms with Gasteiger partial charge in [0.05, 0.1) is 0 Å². The Hall–Kier alpha value is -0.270. The fourth-order valence-corrected chi connectivity index (χ4v) is 2.36. The molecule has 0 spiro atoms. The van der Waals surface area contributed by atoms with Gasteiger partial charge in [-0.25, -0.2) is 0 Å². The van der Waals surface area contributed by atoms with Crippen molar-refractivity contribution < 1.29 is 0 Å². The van der Waals surface area contributed by atoms with Crippen LogP contribution < -0.4 is 0 Å². The van der Waals surface area contributed by atoms with Gasteiger partial charge in [-0.2, -0.15) is 0 Å². The van der Waals surface area contributed by atoms with Crippen LogP contribution in [0.4, 0.5) is 0 Å². The van der Waals surface area contributed by atoms with Crippen LogP contribution in [-0.2, 0) is 6.42 Å². The first-order valence-corrected chi connectivity index (χ1v) is 5.09. The van der Waals surface area contributed by atoms with Gasteiger partial charge in [0.1, 0.15) is 0 Å². The molecule has 0 saturated carbocycles. The van der Waals surface area contributed by atoms with Crippen LogP contribution in [-0.4, -0.2) is 0 Å². The summed E-state index contributed by atoms with van der Waals surface area (Å²) < 4.78 is 1.17. The van der Waals surface area contributed by atoms with Gasteiger partial charge in [0.25, 0.3) is 0 Å². The van der Waals surface area contributed by atoms with Crippen molar-refractivity contribution in [3.8, 4) is 0 Å². The molecule has 0 radical (unpaired) electrons. The molecule has 0 amide bonds. The number of fused-ring (bicyclic) bond motifs is 1. The second-order valence-electron chi connectivity index (χ2n) is 2.86. The van der Waals surface area contributed by atoms with Crippen LogP contribution >= 0.6 is 27.5 Å². The summed E-state index contributed by atoms with van der Waals surface area (Å²) in [6.07, 6.45) is 4.33. The molecule has 0 unspecified atom stereocenters. The third kappa shape index (κ3) is 1.32. The molecule has 1 aromatic carbocycles. The van der Waals surface area contributed by atoms with Crippen LogP contribution in [0, 0.1) is 0 Å². The first-order valence-electron chi connectivity index (χ1n) is 3.92. The van der Waals surface area contributed by atoms with Crippen LogP contribution in [0.25, 0.3) is 4.48 Å². The fraction of sp³-hybridized carbons (Fsp3) is 0.200. The van der Waals surface area contributed by atoms with E-state index in [0.29, 0.717) is 0 Å². The lowest BCUT2D eigenvalue weighted by Gasteiger charge is -2.14. The van der Waals surface area contributed by atoms with Gasteiger partial charge in [-0.15, -0.1) is 0 Å². The molecular weight excluding hydrogens is 235 g/mol. The van der Waals surface area contributed by atoms with E-state index in [9.17, 15) is 0 Å². The first kappa shape index (κ1) is 8.33. The molecule has 1 aliphatic carbocycles. The molecule has 0 N–H and O–H groups in total. The predicted octanol–water partition coefficient (Wildman–Crippen LogP) is 4.02. The lowest BCUT2D eigenvalue weighted by molar-refractivity contribution is 0.984. The molecular formula is C10H8BrCl. The van der Waals surface area contributed by atoms with Crippen LogP contribution in [0.3, 0.4) is 0 Å². The molecule has 1 aliphatic rings. The molecule has 0 aromatic heterocycles. The minimum Gasteiger partial charge on any atom is -0.0840 e. The predicted molar refractivity (Wildman–Crippen MR) is 56.7 cm³/mol. The van der Waals surface area contributed by atoms with E-state index in [4.69, 9.17) is 11.6 Å². The first-order chi connectivity index (χ1) is 5.79. The summed E-state index contributed by atoms with van der Waals surface area (Å²) in [6.45, 7) is 0. The molecule has 0 nitrogen and oxygen atoms in total. The Morgan fingerprint density at radius 1 is 1.33 bits per heavy atom. The molecule has 0 bridgehead atoms. The Morgan fingerprint density at radius 2 is 2.17 bits per heavy atom. The largest absolute Gasteiger partial charge is 0.0840 e. The van der Waals surface area contributed by atoms with Crippen LogP contribution in [0.1, 0.15) is 17.5 Å². The SMILES string of the molecule is Clc1cccc2c1CCC=C2Br. The number of allylic oxidation sites excluding steroid dienone is 1. The van der Waals surface area contributed by atoms with E-state index in [1.165, 1.54) is 15.6 Å². The van der Waals surface area contributed by atoms with E-state index in [2.05, 4.69) is 28.1 Å². The van der Waals surface area contributed by atoms with Gasteiger partial charge >= 0.3 is 0 Å². The number of benzene rings is 1. The Kier molecular flexibility index (Phi) is 2.24. The van der Waals surface area contributed by atoms with Crippen molar-refractivity contribution in [1.82, 2.24) is 0 Å². The summed E-state index contributed by atoms with van der Waals surface area (Å²) in [5.74, 6) is 0. The quantitative estimate of drug-likeness (QED) is 0.645. The maximum atomic E-state index is 6.06. The Labute approximate surface area is 85.4 Å². The van der Waals surface area contributed by atoms with Crippen molar-refractivity contribution >= 4 is 32.0 Å². The van der Waals surface area contributed by atoms with Gasteiger partial charge in [-0.05, 0) is 30.0 Å². The minimum atomic E-state index is 0.887. The number of hydrogen-bond acceptors (Lipinski definition) is 0. The second-order valence-corrected chi connectivity index (χ2v) is 4.12. The average Bonchev–Trinajstić information content (AvgIpc) is 2.07. The summed E-state index contributed by atoms with van der Waals surface area (Å²) in [7, 11) is 0. The van der Waals surface area contributed by atoms with E-state index >= 15 is 0 Å². The molecule has 2 rings (SSSR count). The number of rotatable bonds is 0. The molecule has 0 atom stereocenters. The van der Waals surface area contributed by atoms with Gasteiger partial charge in [0, 0.05) is 9.51 Å². The van der Waals surface area contributed by atoms with E-state index in [1.807, 2.05) is 12.1 Å². The van der Waals surface area contributed by atoms with Crippen molar-refractivity contribution in [3.05, 3.63) is 40.4 Å². The summed E-state index contributed by atoms with van der Waals surface area (Å²) >= 11 is 9.58. The van der Waals surface area contributed by atoms with Gasteiger partial charge < -0.3 is 0 Å². The van der Waals surface area contributed by atoms with Gasteiger partial charge in [-0.3, -0.25) is 0 Å². The minimum absolute atomic E-state index is 0.887. The third-order valence-corrected chi connectivity index (χ3v) is 3.20. The molecule has 1 aromatic rings. The highest BCUT2D eigenvalue weighted by atomic mass is 79.9. The Balaban J connectivity index is 2.62. The Bertz CT molecular complexity index is 342. The third-order valence-electron chi connectivity index (χ3n) is 2.09. The zero-order chi connectivity index (χ0) is 8.55. The van der Waals surface area contributed by atoms with Gasteiger partial charge in [-0.1, -0.05) is 45.7 Å². The maximum absolute atomic E-state index is 6.06.